The van der Waals surface area contributed by atoms with Gasteiger partial charge in [-0.25, -0.2) is 14.6 Å². The van der Waals surface area contributed by atoms with Gasteiger partial charge in [-0.3, -0.25) is 4.90 Å². The SMILES string of the molecule is C[C@@H](CN1CCOCC1)NCc1cccnc1-n1cncn1. The van der Waals surface area contributed by atoms with E-state index >= 15 is 0 Å². The Labute approximate surface area is 130 Å². The number of nitrogens with zero attached hydrogens (tertiary/aromatic N) is 5. The predicted molar refractivity (Wildman–Crippen MR) is 82.7 cm³/mol. The molecule has 0 aromatic carbocycles. The minimum Gasteiger partial charge on any atom is -0.379 e. The summed E-state index contributed by atoms with van der Waals surface area (Å²) in [6.07, 6.45) is 4.97. The molecule has 7 nitrogen and oxygen atoms in total. The Hall–Kier alpha value is -1.83. The topological polar surface area (TPSA) is 68.1 Å². The molecular weight excluding hydrogens is 280 g/mol. The quantitative estimate of drug-likeness (QED) is 0.837. The average molecular weight is 302 g/mol. The summed E-state index contributed by atoms with van der Waals surface area (Å²) < 4.78 is 7.08. The zero-order valence-corrected chi connectivity index (χ0v) is 12.9. The van der Waals surface area contributed by atoms with Crippen LogP contribution in [0.5, 0.6) is 0 Å². The Balaban J connectivity index is 1.57. The smallest absolute Gasteiger partial charge is 0.159 e. The molecule has 0 unspecified atom stereocenters. The van der Waals surface area contributed by atoms with Crippen LogP contribution >= 0.6 is 0 Å². The molecule has 1 atom stereocenters. The molecule has 0 radical (unpaired) electrons. The van der Waals surface area contributed by atoms with E-state index in [0.29, 0.717) is 6.04 Å². The van der Waals surface area contributed by atoms with Gasteiger partial charge in [-0.2, -0.15) is 5.10 Å². The van der Waals surface area contributed by atoms with Crippen molar-refractivity contribution in [2.45, 2.75) is 19.5 Å². The second-order valence-corrected chi connectivity index (χ2v) is 5.52. The van der Waals surface area contributed by atoms with Crippen LogP contribution < -0.4 is 5.32 Å². The molecule has 0 aliphatic carbocycles. The van der Waals surface area contributed by atoms with Gasteiger partial charge >= 0.3 is 0 Å². The third-order valence-electron chi connectivity index (χ3n) is 3.78. The first-order valence-corrected chi connectivity index (χ1v) is 7.65. The summed E-state index contributed by atoms with van der Waals surface area (Å²) in [6.45, 7) is 7.71. The summed E-state index contributed by atoms with van der Waals surface area (Å²) in [4.78, 5) is 10.8. The summed E-state index contributed by atoms with van der Waals surface area (Å²) >= 11 is 0. The van der Waals surface area contributed by atoms with Crippen molar-refractivity contribution in [1.82, 2.24) is 30.0 Å². The fourth-order valence-corrected chi connectivity index (χ4v) is 2.61. The highest BCUT2D eigenvalue weighted by atomic mass is 16.5. The normalized spacial score (nSPS) is 17.5. The van der Waals surface area contributed by atoms with Gasteiger partial charge in [0, 0.05) is 44.0 Å². The van der Waals surface area contributed by atoms with Crippen molar-refractivity contribution in [3.8, 4) is 5.82 Å². The average Bonchev–Trinajstić information content (AvgIpc) is 3.08. The van der Waals surface area contributed by atoms with Crippen molar-refractivity contribution < 1.29 is 4.74 Å². The van der Waals surface area contributed by atoms with Crippen molar-refractivity contribution in [3.05, 3.63) is 36.5 Å². The van der Waals surface area contributed by atoms with Crippen molar-refractivity contribution in [2.75, 3.05) is 32.8 Å². The van der Waals surface area contributed by atoms with Gasteiger partial charge < -0.3 is 10.1 Å². The highest BCUT2D eigenvalue weighted by molar-refractivity contribution is 5.31. The predicted octanol–water partition coefficient (Wildman–Crippen LogP) is 0.473. The van der Waals surface area contributed by atoms with Gasteiger partial charge in [-0.1, -0.05) is 6.07 Å². The number of ether oxygens (including phenoxy) is 1. The number of hydrogen-bond acceptors (Lipinski definition) is 6. The molecule has 0 amide bonds. The van der Waals surface area contributed by atoms with Gasteiger partial charge in [-0.05, 0) is 13.0 Å². The van der Waals surface area contributed by atoms with E-state index in [1.807, 2.05) is 6.07 Å². The molecule has 3 rings (SSSR count). The van der Waals surface area contributed by atoms with Crippen molar-refractivity contribution in [1.29, 1.82) is 0 Å². The van der Waals surface area contributed by atoms with Gasteiger partial charge in [-0.15, -0.1) is 0 Å². The summed E-state index contributed by atoms with van der Waals surface area (Å²) in [5.74, 6) is 0.825. The number of aromatic nitrogens is 4. The molecular formula is C15H22N6O. The van der Waals surface area contributed by atoms with E-state index in [0.717, 1.165) is 50.8 Å². The van der Waals surface area contributed by atoms with Crippen LogP contribution in [0.25, 0.3) is 5.82 Å². The summed E-state index contributed by atoms with van der Waals surface area (Å²) in [7, 11) is 0. The van der Waals surface area contributed by atoms with Gasteiger partial charge in [0.2, 0.25) is 0 Å². The minimum atomic E-state index is 0.405. The number of rotatable bonds is 6. The molecule has 3 heterocycles. The van der Waals surface area contributed by atoms with E-state index in [1.165, 1.54) is 6.33 Å². The van der Waals surface area contributed by atoms with E-state index in [9.17, 15) is 0 Å². The summed E-state index contributed by atoms with van der Waals surface area (Å²) in [5, 5.41) is 7.73. The molecule has 7 heteroatoms. The van der Waals surface area contributed by atoms with Gasteiger partial charge in [0.25, 0.3) is 0 Å². The monoisotopic (exact) mass is 302 g/mol. The second kappa shape index (κ2) is 7.44. The largest absolute Gasteiger partial charge is 0.379 e. The van der Waals surface area contributed by atoms with E-state index in [2.05, 4.69) is 38.3 Å². The van der Waals surface area contributed by atoms with E-state index < -0.39 is 0 Å². The zero-order valence-electron chi connectivity index (χ0n) is 12.9. The standard InChI is InChI=1S/C15H22N6O/c1-13(10-20-5-7-22-8-6-20)18-9-14-3-2-4-17-15(14)21-12-16-11-19-21/h2-4,11-13,18H,5-10H2,1H3/t13-/m0/s1. The number of morpholine rings is 1. The fourth-order valence-electron chi connectivity index (χ4n) is 2.61. The summed E-state index contributed by atoms with van der Waals surface area (Å²) in [5.41, 5.74) is 1.11. The molecule has 1 aliphatic heterocycles. The van der Waals surface area contributed by atoms with Crippen molar-refractivity contribution >= 4 is 0 Å². The molecule has 1 aliphatic rings. The molecule has 2 aromatic rings. The molecule has 1 N–H and O–H groups in total. The number of nitrogens with one attached hydrogen (secondary N) is 1. The Bertz CT molecular complexity index is 567. The Kier molecular flexibility index (Phi) is 5.10. The molecule has 0 spiro atoms. The van der Waals surface area contributed by atoms with Crippen LogP contribution in [0, 0.1) is 0 Å². The maximum absolute atomic E-state index is 5.38. The Morgan fingerprint density at radius 1 is 1.36 bits per heavy atom. The van der Waals surface area contributed by atoms with Gasteiger partial charge in [0.1, 0.15) is 12.7 Å². The maximum Gasteiger partial charge on any atom is 0.159 e. The third-order valence-corrected chi connectivity index (χ3v) is 3.78. The van der Waals surface area contributed by atoms with E-state index in [4.69, 9.17) is 4.74 Å². The van der Waals surface area contributed by atoms with Crippen LogP contribution in [0.1, 0.15) is 12.5 Å². The molecule has 0 bridgehead atoms. The molecule has 118 valence electrons. The molecule has 2 aromatic heterocycles. The van der Waals surface area contributed by atoms with E-state index in [-0.39, 0.29) is 0 Å². The molecule has 22 heavy (non-hydrogen) atoms. The summed E-state index contributed by atoms with van der Waals surface area (Å²) in [6, 6.07) is 4.42. The van der Waals surface area contributed by atoms with Gasteiger partial charge in [0.05, 0.1) is 13.2 Å². The van der Waals surface area contributed by atoms with Crippen LogP contribution in [-0.4, -0.2) is 63.5 Å². The number of hydrogen-bond donors (Lipinski definition) is 1. The Morgan fingerprint density at radius 3 is 3.00 bits per heavy atom. The first-order valence-electron chi connectivity index (χ1n) is 7.65. The second-order valence-electron chi connectivity index (χ2n) is 5.52. The van der Waals surface area contributed by atoms with E-state index in [1.54, 1.807) is 17.2 Å². The van der Waals surface area contributed by atoms with Crippen LogP contribution in [0.4, 0.5) is 0 Å². The maximum atomic E-state index is 5.38. The zero-order chi connectivity index (χ0) is 15.2. The fraction of sp³-hybridized carbons (Fsp3) is 0.533. The lowest BCUT2D eigenvalue weighted by molar-refractivity contribution is 0.0343. The number of pyridine rings is 1. The first kappa shape index (κ1) is 15.1. The van der Waals surface area contributed by atoms with Crippen LogP contribution in [0.2, 0.25) is 0 Å². The third kappa shape index (κ3) is 3.88. The molecule has 0 saturated carbocycles. The lowest BCUT2D eigenvalue weighted by Gasteiger charge is -2.29. The highest BCUT2D eigenvalue weighted by Gasteiger charge is 2.14. The van der Waals surface area contributed by atoms with Crippen LogP contribution in [0.3, 0.4) is 0 Å². The van der Waals surface area contributed by atoms with Crippen LogP contribution in [-0.2, 0) is 11.3 Å². The lowest BCUT2D eigenvalue weighted by Crippen LogP contribution is -2.44. The van der Waals surface area contributed by atoms with Gasteiger partial charge in [0.15, 0.2) is 5.82 Å². The van der Waals surface area contributed by atoms with Crippen molar-refractivity contribution in [2.24, 2.45) is 0 Å². The molecule has 1 fully saturated rings. The first-order chi connectivity index (χ1) is 10.8. The minimum absolute atomic E-state index is 0.405. The van der Waals surface area contributed by atoms with Crippen molar-refractivity contribution in [3.63, 3.8) is 0 Å². The van der Waals surface area contributed by atoms with Crippen LogP contribution in [0.15, 0.2) is 31.0 Å². The molecule has 1 saturated heterocycles. The highest BCUT2D eigenvalue weighted by Crippen LogP contribution is 2.09. The lowest BCUT2D eigenvalue weighted by atomic mass is 10.2. The Morgan fingerprint density at radius 2 is 2.23 bits per heavy atom.